The van der Waals surface area contributed by atoms with Crippen LogP contribution in [-0.2, 0) is 9.57 Å². The summed E-state index contributed by atoms with van der Waals surface area (Å²) in [5.74, 6) is 0.617. The number of nitrogens with zero attached hydrogens (tertiary/aromatic N) is 1. The Hall–Kier alpha value is -1.51. The largest absolute Gasteiger partial charge is 0.475 e. The molecule has 0 unspecified atom stereocenters. The van der Waals surface area contributed by atoms with Gasteiger partial charge in [-0.1, -0.05) is 55.0 Å². The molecule has 0 saturated heterocycles. The van der Waals surface area contributed by atoms with E-state index < -0.39 is 0 Å². The molecule has 0 saturated carbocycles. The molecular formula is C14H23NO2. The summed E-state index contributed by atoms with van der Waals surface area (Å²) in [7, 11) is 0. The van der Waals surface area contributed by atoms with E-state index in [1.165, 1.54) is 5.57 Å². The molecular weight excluding hydrogens is 214 g/mol. The summed E-state index contributed by atoms with van der Waals surface area (Å²) in [5, 5.41) is 3.52. The van der Waals surface area contributed by atoms with Crippen LogP contribution in [0.3, 0.4) is 0 Å². The minimum Gasteiger partial charge on any atom is -0.475 e. The van der Waals surface area contributed by atoms with Gasteiger partial charge in [-0.25, -0.2) is 0 Å². The van der Waals surface area contributed by atoms with E-state index in [4.69, 9.17) is 4.74 Å². The van der Waals surface area contributed by atoms with Gasteiger partial charge in [0.1, 0.15) is 6.61 Å². The molecule has 0 bridgehead atoms. The van der Waals surface area contributed by atoms with Crippen LogP contribution in [-0.4, -0.2) is 19.1 Å². The van der Waals surface area contributed by atoms with Gasteiger partial charge in [-0.2, -0.15) is 0 Å². The maximum Gasteiger partial charge on any atom is 0.222 e. The fourth-order valence-corrected chi connectivity index (χ4v) is 1.08. The molecule has 0 spiro atoms. The third kappa shape index (κ3) is 9.42. The molecule has 1 aliphatic heterocycles. The monoisotopic (exact) mass is 237 g/mol. The van der Waals surface area contributed by atoms with Crippen molar-refractivity contribution in [2.24, 2.45) is 5.16 Å². The van der Waals surface area contributed by atoms with Gasteiger partial charge in [0.15, 0.2) is 6.61 Å². The van der Waals surface area contributed by atoms with Crippen LogP contribution < -0.4 is 0 Å². The first-order chi connectivity index (χ1) is 8.29. The molecule has 1 aliphatic carbocycles. The Bertz CT molecular complexity index is 301. The smallest absolute Gasteiger partial charge is 0.222 e. The first kappa shape index (κ1) is 15.5. The van der Waals surface area contributed by atoms with Crippen LogP contribution in [0.15, 0.2) is 41.1 Å². The molecule has 3 nitrogen and oxygen atoms in total. The predicted molar refractivity (Wildman–Crippen MR) is 73.0 cm³/mol. The highest BCUT2D eigenvalue weighted by molar-refractivity contribution is 5.72. The topological polar surface area (TPSA) is 30.8 Å². The SMILES string of the molecule is CC.CC1=CC=CCC=C1.CC1=NOCCO1. The van der Waals surface area contributed by atoms with Gasteiger partial charge in [-0.3, -0.25) is 0 Å². The first-order valence-corrected chi connectivity index (χ1v) is 6.08. The summed E-state index contributed by atoms with van der Waals surface area (Å²) < 4.78 is 4.90. The normalized spacial score (nSPS) is 16.7. The summed E-state index contributed by atoms with van der Waals surface area (Å²) in [5.41, 5.74) is 1.33. The molecule has 1 heterocycles. The van der Waals surface area contributed by atoms with E-state index in [1.54, 1.807) is 6.92 Å². The van der Waals surface area contributed by atoms with Crippen LogP contribution in [0.25, 0.3) is 0 Å². The van der Waals surface area contributed by atoms with E-state index >= 15 is 0 Å². The Balaban J connectivity index is 0.000000265. The second-order valence-electron chi connectivity index (χ2n) is 3.27. The Kier molecular flexibility index (Phi) is 10.0. The van der Waals surface area contributed by atoms with Gasteiger partial charge in [0.25, 0.3) is 0 Å². The van der Waals surface area contributed by atoms with E-state index in [0.717, 1.165) is 6.42 Å². The Morgan fingerprint density at radius 2 is 1.88 bits per heavy atom. The number of oxime groups is 1. The highest BCUT2D eigenvalue weighted by Gasteiger charge is 1.97. The van der Waals surface area contributed by atoms with Crippen LogP contribution >= 0.6 is 0 Å². The lowest BCUT2D eigenvalue weighted by Gasteiger charge is -2.08. The second-order valence-corrected chi connectivity index (χ2v) is 3.27. The van der Waals surface area contributed by atoms with Crippen LogP contribution in [0.1, 0.15) is 34.1 Å². The van der Waals surface area contributed by atoms with Gasteiger partial charge < -0.3 is 9.57 Å². The number of hydrogen-bond donors (Lipinski definition) is 0. The maximum atomic E-state index is 4.90. The summed E-state index contributed by atoms with van der Waals surface area (Å²) in [6.07, 6.45) is 11.7. The Labute approximate surface area is 104 Å². The molecule has 2 aliphatic rings. The molecule has 3 heteroatoms. The fraction of sp³-hybridized carbons (Fsp3) is 0.500. The van der Waals surface area contributed by atoms with E-state index in [2.05, 4.69) is 47.3 Å². The molecule has 0 amide bonds. The van der Waals surface area contributed by atoms with Crippen molar-refractivity contribution in [1.82, 2.24) is 0 Å². The van der Waals surface area contributed by atoms with Crippen LogP contribution in [0.4, 0.5) is 0 Å². The van der Waals surface area contributed by atoms with Crippen molar-refractivity contribution in [3.05, 3.63) is 36.0 Å². The van der Waals surface area contributed by atoms with Gasteiger partial charge in [0.05, 0.1) is 0 Å². The molecule has 0 aromatic rings. The zero-order valence-corrected chi connectivity index (χ0v) is 11.3. The van der Waals surface area contributed by atoms with Crippen molar-refractivity contribution in [2.45, 2.75) is 34.1 Å². The highest BCUT2D eigenvalue weighted by Crippen LogP contribution is 2.01. The summed E-state index contributed by atoms with van der Waals surface area (Å²) >= 11 is 0. The van der Waals surface area contributed by atoms with Crippen molar-refractivity contribution < 1.29 is 9.57 Å². The number of hydrogen-bond acceptors (Lipinski definition) is 3. The molecule has 0 atom stereocenters. The average Bonchev–Trinajstić information content (AvgIpc) is 2.61. The van der Waals surface area contributed by atoms with Crippen LogP contribution in [0.2, 0.25) is 0 Å². The van der Waals surface area contributed by atoms with Crippen molar-refractivity contribution in [2.75, 3.05) is 13.2 Å². The average molecular weight is 237 g/mol. The summed E-state index contributed by atoms with van der Waals surface area (Å²) in [4.78, 5) is 4.64. The summed E-state index contributed by atoms with van der Waals surface area (Å²) in [6.45, 7) is 9.08. The standard InChI is InChI=1S/C8H10.C4H7NO2.C2H6/c1-8-6-4-2-3-5-7-8;1-4-5-7-3-2-6-4;1-2/h2,4-7H,3H2,1H3;2-3H2,1H3;1-2H3. The van der Waals surface area contributed by atoms with Crippen molar-refractivity contribution >= 4 is 5.90 Å². The maximum absolute atomic E-state index is 4.90. The van der Waals surface area contributed by atoms with Gasteiger partial charge >= 0.3 is 0 Å². The zero-order valence-electron chi connectivity index (χ0n) is 11.3. The quantitative estimate of drug-likeness (QED) is 0.641. The lowest BCUT2D eigenvalue weighted by molar-refractivity contribution is 0.0639. The molecule has 0 radical (unpaired) electrons. The fourth-order valence-electron chi connectivity index (χ4n) is 1.08. The van der Waals surface area contributed by atoms with E-state index in [1.807, 2.05) is 13.8 Å². The Morgan fingerprint density at radius 1 is 1.12 bits per heavy atom. The molecule has 0 aromatic carbocycles. The number of rotatable bonds is 0. The van der Waals surface area contributed by atoms with E-state index in [0.29, 0.717) is 19.1 Å². The van der Waals surface area contributed by atoms with Crippen LogP contribution in [0.5, 0.6) is 0 Å². The number of allylic oxidation sites excluding steroid dienone is 6. The lowest BCUT2D eigenvalue weighted by atomic mass is 10.3. The third-order valence-corrected chi connectivity index (χ3v) is 1.83. The third-order valence-electron chi connectivity index (χ3n) is 1.83. The second kappa shape index (κ2) is 11.0. The molecule has 17 heavy (non-hydrogen) atoms. The first-order valence-electron chi connectivity index (χ1n) is 6.08. The molecule has 0 fully saturated rings. The van der Waals surface area contributed by atoms with E-state index in [9.17, 15) is 0 Å². The lowest BCUT2D eigenvalue weighted by Crippen LogP contribution is -2.12. The molecule has 0 aromatic heterocycles. The molecule has 2 rings (SSSR count). The molecule has 0 N–H and O–H groups in total. The van der Waals surface area contributed by atoms with Crippen molar-refractivity contribution in [3.8, 4) is 0 Å². The van der Waals surface area contributed by atoms with Crippen LogP contribution in [0, 0.1) is 0 Å². The van der Waals surface area contributed by atoms with Crippen molar-refractivity contribution in [3.63, 3.8) is 0 Å². The number of ether oxygens (including phenoxy) is 1. The van der Waals surface area contributed by atoms with Gasteiger partial charge in [-0.05, 0) is 13.3 Å². The van der Waals surface area contributed by atoms with Gasteiger partial charge in [0.2, 0.25) is 5.90 Å². The minimum absolute atomic E-state index is 0.581. The van der Waals surface area contributed by atoms with Gasteiger partial charge in [-0.15, -0.1) is 0 Å². The zero-order chi connectivity index (χ0) is 12.9. The summed E-state index contributed by atoms with van der Waals surface area (Å²) in [6, 6.07) is 0. The highest BCUT2D eigenvalue weighted by atomic mass is 16.7. The van der Waals surface area contributed by atoms with E-state index in [-0.39, 0.29) is 0 Å². The predicted octanol–water partition coefficient (Wildman–Crippen LogP) is 3.84. The van der Waals surface area contributed by atoms with Crippen molar-refractivity contribution in [1.29, 1.82) is 0 Å². The Morgan fingerprint density at radius 3 is 2.41 bits per heavy atom. The molecule has 96 valence electrons. The van der Waals surface area contributed by atoms with Gasteiger partial charge in [0, 0.05) is 6.92 Å². The minimum atomic E-state index is 0.581.